The standard InChI is InChI=1S/C19H21N5O3S2/c1-23(2)18(26)17-16(11-5-3-4-6-13(11)28-17)12-10-24(7-8-27-12)15(25)9-14-21-22-19(20)29-14/h3-6,12H,7-10H2,1-2H3,(H2,20,22). The molecule has 0 saturated carbocycles. The van der Waals surface area contributed by atoms with Crippen LogP contribution in [0.3, 0.4) is 0 Å². The number of aromatic nitrogens is 2. The highest BCUT2D eigenvalue weighted by atomic mass is 32.1. The first kappa shape index (κ1) is 19.7. The number of amides is 2. The minimum absolute atomic E-state index is 0.0468. The minimum atomic E-state index is -0.359. The van der Waals surface area contributed by atoms with E-state index in [0.717, 1.165) is 15.6 Å². The Morgan fingerprint density at radius 3 is 2.79 bits per heavy atom. The molecule has 0 bridgehead atoms. The van der Waals surface area contributed by atoms with Gasteiger partial charge < -0.3 is 20.3 Å². The Morgan fingerprint density at radius 1 is 1.28 bits per heavy atom. The van der Waals surface area contributed by atoms with Crippen LogP contribution in [0.25, 0.3) is 10.1 Å². The van der Waals surface area contributed by atoms with Gasteiger partial charge in [0.2, 0.25) is 11.0 Å². The van der Waals surface area contributed by atoms with Crippen molar-refractivity contribution in [2.75, 3.05) is 39.5 Å². The van der Waals surface area contributed by atoms with Crippen molar-refractivity contribution < 1.29 is 14.3 Å². The predicted molar refractivity (Wildman–Crippen MR) is 113 cm³/mol. The summed E-state index contributed by atoms with van der Waals surface area (Å²) in [7, 11) is 3.48. The predicted octanol–water partition coefficient (Wildman–Crippen LogP) is 2.18. The molecule has 1 aliphatic rings. The van der Waals surface area contributed by atoms with Gasteiger partial charge in [-0.25, -0.2) is 0 Å². The molecule has 1 fully saturated rings. The van der Waals surface area contributed by atoms with Crippen LogP contribution in [0, 0.1) is 0 Å². The molecule has 2 N–H and O–H groups in total. The Morgan fingerprint density at radius 2 is 2.07 bits per heavy atom. The fourth-order valence-corrected chi connectivity index (χ4v) is 5.25. The van der Waals surface area contributed by atoms with Crippen molar-refractivity contribution in [3.8, 4) is 0 Å². The summed E-state index contributed by atoms with van der Waals surface area (Å²) in [5, 5.41) is 9.64. The zero-order chi connectivity index (χ0) is 20.5. The van der Waals surface area contributed by atoms with Crippen molar-refractivity contribution >= 4 is 49.7 Å². The van der Waals surface area contributed by atoms with E-state index in [1.54, 1.807) is 23.9 Å². The molecule has 8 nitrogen and oxygen atoms in total. The van der Waals surface area contributed by atoms with Crippen LogP contribution >= 0.6 is 22.7 Å². The van der Waals surface area contributed by atoms with E-state index in [9.17, 15) is 9.59 Å². The van der Waals surface area contributed by atoms with Gasteiger partial charge in [0.05, 0.1) is 24.4 Å². The van der Waals surface area contributed by atoms with Crippen LogP contribution < -0.4 is 5.73 Å². The molecule has 3 aromatic rings. The van der Waals surface area contributed by atoms with Gasteiger partial charge in [-0.05, 0) is 11.5 Å². The number of carbonyl (C=O) groups excluding carboxylic acids is 2. The lowest BCUT2D eigenvalue weighted by molar-refractivity contribution is -0.138. The lowest BCUT2D eigenvalue weighted by atomic mass is 10.0. The molecule has 3 heterocycles. The third-order valence-electron chi connectivity index (χ3n) is 4.76. The number of nitrogens with zero attached hydrogens (tertiary/aromatic N) is 4. The number of anilines is 1. The van der Waals surface area contributed by atoms with Gasteiger partial charge in [-0.15, -0.1) is 21.5 Å². The van der Waals surface area contributed by atoms with Crippen molar-refractivity contribution in [1.29, 1.82) is 0 Å². The van der Waals surface area contributed by atoms with Crippen LogP contribution in [0.15, 0.2) is 24.3 Å². The van der Waals surface area contributed by atoms with Crippen LogP contribution in [0.1, 0.15) is 26.3 Å². The number of nitrogen functional groups attached to an aromatic ring is 1. The van der Waals surface area contributed by atoms with Gasteiger partial charge in [0, 0.05) is 30.9 Å². The second-order valence-electron chi connectivity index (χ2n) is 6.95. The average Bonchev–Trinajstić information content (AvgIpc) is 3.30. The number of rotatable bonds is 4. The lowest BCUT2D eigenvalue weighted by Gasteiger charge is -2.33. The van der Waals surface area contributed by atoms with E-state index >= 15 is 0 Å². The van der Waals surface area contributed by atoms with E-state index in [1.807, 2.05) is 24.3 Å². The highest BCUT2D eigenvalue weighted by molar-refractivity contribution is 7.21. The first-order valence-electron chi connectivity index (χ1n) is 9.14. The maximum atomic E-state index is 12.8. The number of hydrogen-bond acceptors (Lipinski definition) is 8. The maximum absolute atomic E-state index is 12.8. The quantitative estimate of drug-likeness (QED) is 0.679. The third-order valence-corrected chi connectivity index (χ3v) is 6.69. The molecule has 29 heavy (non-hydrogen) atoms. The molecule has 10 heteroatoms. The van der Waals surface area contributed by atoms with E-state index in [1.165, 1.54) is 22.7 Å². The first-order chi connectivity index (χ1) is 13.9. The minimum Gasteiger partial charge on any atom is -0.374 e. The molecule has 1 unspecified atom stereocenters. The maximum Gasteiger partial charge on any atom is 0.263 e. The topological polar surface area (TPSA) is 102 Å². The van der Waals surface area contributed by atoms with Gasteiger partial charge in [-0.2, -0.15) is 0 Å². The fourth-order valence-electron chi connectivity index (χ4n) is 3.38. The summed E-state index contributed by atoms with van der Waals surface area (Å²) in [4.78, 5) is 29.6. The zero-order valence-electron chi connectivity index (χ0n) is 16.1. The van der Waals surface area contributed by atoms with Crippen molar-refractivity contribution in [3.05, 3.63) is 39.7 Å². The number of nitrogens with two attached hydrogens (primary N) is 1. The van der Waals surface area contributed by atoms with E-state index in [-0.39, 0.29) is 24.3 Å². The number of hydrogen-bond donors (Lipinski definition) is 1. The van der Waals surface area contributed by atoms with E-state index < -0.39 is 0 Å². The SMILES string of the molecule is CN(C)C(=O)c1sc2ccccc2c1C1CN(C(=O)Cc2nnc(N)s2)CCO1. The molecule has 1 aromatic carbocycles. The Balaban J connectivity index is 1.62. The molecule has 1 saturated heterocycles. The summed E-state index contributed by atoms with van der Waals surface area (Å²) in [6, 6.07) is 7.91. The Hall–Kier alpha value is -2.56. The number of thiophene rings is 1. The first-order valence-corrected chi connectivity index (χ1v) is 10.8. The molecule has 1 aliphatic heterocycles. The number of carbonyl (C=O) groups is 2. The molecule has 0 spiro atoms. The van der Waals surface area contributed by atoms with Crippen LogP contribution in [0.4, 0.5) is 5.13 Å². The molecule has 2 aromatic heterocycles. The molecule has 0 aliphatic carbocycles. The summed E-state index contributed by atoms with van der Waals surface area (Å²) in [6.45, 7) is 1.30. The second kappa shape index (κ2) is 8.05. The van der Waals surface area contributed by atoms with Crippen LogP contribution in [-0.2, 0) is 16.0 Å². The van der Waals surface area contributed by atoms with Crippen LogP contribution in [0.2, 0.25) is 0 Å². The van der Waals surface area contributed by atoms with Crippen molar-refractivity contribution in [1.82, 2.24) is 20.0 Å². The fraction of sp³-hybridized carbons (Fsp3) is 0.368. The van der Waals surface area contributed by atoms with Gasteiger partial charge in [-0.3, -0.25) is 9.59 Å². The average molecular weight is 432 g/mol. The van der Waals surface area contributed by atoms with Crippen LogP contribution in [-0.4, -0.2) is 65.6 Å². The normalized spacial score (nSPS) is 16.9. The molecule has 1 atom stereocenters. The third kappa shape index (κ3) is 3.96. The lowest BCUT2D eigenvalue weighted by Crippen LogP contribution is -2.43. The molecule has 0 radical (unpaired) electrons. The number of benzene rings is 1. The van der Waals surface area contributed by atoms with E-state index in [2.05, 4.69) is 10.2 Å². The van der Waals surface area contributed by atoms with E-state index in [0.29, 0.717) is 34.7 Å². The Bertz CT molecular complexity index is 1060. The van der Waals surface area contributed by atoms with Crippen molar-refractivity contribution in [2.45, 2.75) is 12.5 Å². The molecule has 4 rings (SSSR count). The second-order valence-corrected chi connectivity index (χ2v) is 9.10. The molecule has 152 valence electrons. The summed E-state index contributed by atoms with van der Waals surface area (Å²) in [6.07, 6.45) is -0.197. The molecular formula is C19H21N5O3S2. The van der Waals surface area contributed by atoms with Crippen molar-refractivity contribution in [3.63, 3.8) is 0 Å². The highest BCUT2D eigenvalue weighted by Gasteiger charge is 2.32. The van der Waals surface area contributed by atoms with Gasteiger partial charge in [0.15, 0.2) is 0 Å². The number of fused-ring (bicyclic) bond motifs is 1. The Labute approximate surface area is 175 Å². The summed E-state index contributed by atoms with van der Waals surface area (Å²) < 4.78 is 7.06. The summed E-state index contributed by atoms with van der Waals surface area (Å²) in [5.74, 6) is -0.105. The smallest absolute Gasteiger partial charge is 0.263 e. The van der Waals surface area contributed by atoms with Gasteiger partial charge in [0.1, 0.15) is 11.1 Å². The van der Waals surface area contributed by atoms with Gasteiger partial charge >= 0.3 is 0 Å². The molecule has 2 amide bonds. The van der Waals surface area contributed by atoms with Gasteiger partial charge in [0.25, 0.3) is 5.91 Å². The largest absolute Gasteiger partial charge is 0.374 e. The monoisotopic (exact) mass is 431 g/mol. The van der Waals surface area contributed by atoms with Gasteiger partial charge in [-0.1, -0.05) is 29.5 Å². The molecular weight excluding hydrogens is 410 g/mol. The van der Waals surface area contributed by atoms with Crippen LogP contribution in [0.5, 0.6) is 0 Å². The number of ether oxygens (including phenoxy) is 1. The van der Waals surface area contributed by atoms with E-state index in [4.69, 9.17) is 10.5 Å². The Kier molecular flexibility index (Phi) is 5.48. The summed E-state index contributed by atoms with van der Waals surface area (Å²) in [5.41, 5.74) is 6.47. The summed E-state index contributed by atoms with van der Waals surface area (Å²) >= 11 is 2.68. The number of morpholine rings is 1. The highest BCUT2D eigenvalue weighted by Crippen LogP contribution is 2.38. The zero-order valence-corrected chi connectivity index (χ0v) is 17.8. The van der Waals surface area contributed by atoms with Crippen molar-refractivity contribution in [2.24, 2.45) is 0 Å².